The Bertz CT molecular complexity index is 932. The number of hydrogen-bond acceptors (Lipinski definition) is 5. The van der Waals surface area contributed by atoms with Gasteiger partial charge in [-0.1, -0.05) is 0 Å². The highest BCUT2D eigenvalue weighted by Crippen LogP contribution is 2.32. The highest BCUT2D eigenvalue weighted by molar-refractivity contribution is 5.79. The van der Waals surface area contributed by atoms with E-state index in [1.807, 2.05) is 12.3 Å². The first-order valence-corrected chi connectivity index (χ1v) is 9.76. The van der Waals surface area contributed by atoms with Crippen LogP contribution in [0.1, 0.15) is 16.7 Å². The highest BCUT2D eigenvalue weighted by atomic mass is 16.5. The normalized spacial score (nSPS) is 15.1. The highest BCUT2D eigenvalue weighted by Gasteiger charge is 2.14. The Balaban J connectivity index is 1.47. The lowest BCUT2D eigenvalue weighted by molar-refractivity contribution is 0.0321. The Kier molecular flexibility index (Phi) is 5.78. The van der Waals surface area contributed by atoms with Gasteiger partial charge < -0.3 is 19.2 Å². The number of benzene rings is 1. The van der Waals surface area contributed by atoms with Gasteiger partial charge in [0.1, 0.15) is 12.3 Å². The summed E-state index contributed by atoms with van der Waals surface area (Å²) in [4.78, 5) is 9.98. The van der Waals surface area contributed by atoms with E-state index in [2.05, 4.69) is 40.0 Å². The molecule has 1 N–H and O–H groups in total. The van der Waals surface area contributed by atoms with Gasteiger partial charge in [-0.25, -0.2) is 4.98 Å². The summed E-state index contributed by atoms with van der Waals surface area (Å²) in [7, 11) is 1.69. The first-order chi connectivity index (χ1) is 13.7. The lowest BCUT2D eigenvalue weighted by atomic mass is 10.00. The van der Waals surface area contributed by atoms with E-state index in [1.54, 1.807) is 13.3 Å². The van der Waals surface area contributed by atoms with E-state index in [0.29, 0.717) is 6.61 Å². The van der Waals surface area contributed by atoms with Crippen molar-refractivity contribution in [2.45, 2.75) is 13.3 Å². The average molecular weight is 381 g/mol. The molecular formula is C22H27N3O3. The third-order valence-electron chi connectivity index (χ3n) is 5.31. The summed E-state index contributed by atoms with van der Waals surface area (Å²) < 4.78 is 17.1. The van der Waals surface area contributed by atoms with Crippen LogP contribution in [0.3, 0.4) is 0 Å². The SMILES string of the molecule is COc1cc(Cc2c[nH]c3ncccc23)c(C)cc1OCCN1CCOCC1. The van der Waals surface area contributed by atoms with Gasteiger partial charge in [-0.3, -0.25) is 4.90 Å². The molecule has 4 rings (SSSR count). The molecule has 1 aliphatic heterocycles. The van der Waals surface area contributed by atoms with Crippen LogP contribution in [0.25, 0.3) is 11.0 Å². The quantitative estimate of drug-likeness (QED) is 0.681. The van der Waals surface area contributed by atoms with Crippen molar-refractivity contribution in [2.75, 3.05) is 46.6 Å². The van der Waals surface area contributed by atoms with E-state index in [0.717, 1.165) is 61.8 Å². The van der Waals surface area contributed by atoms with Gasteiger partial charge in [0.15, 0.2) is 11.5 Å². The van der Waals surface area contributed by atoms with E-state index < -0.39 is 0 Å². The number of methoxy groups -OCH3 is 1. The van der Waals surface area contributed by atoms with E-state index in [9.17, 15) is 0 Å². The number of nitrogens with zero attached hydrogens (tertiary/aromatic N) is 2. The second-order valence-corrected chi connectivity index (χ2v) is 7.12. The zero-order valence-electron chi connectivity index (χ0n) is 16.5. The predicted octanol–water partition coefficient (Wildman–Crippen LogP) is 3.18. The van der Waals surface area contributed by atoms with E-state index >= 15 is 0 Å². The third kappa shape index (κ3) is 4.13. The van der Waals surface area contributed by atoms with Crippen LogP contribution in [-0.2, 0) is 11.2 Å². The monoisotopic (exact) mass is 381 g/mol. The maximum absolute atomic E-state index is 6.05. The molecule has 0 atom stereocenters. The second-order valence-electron chi connectivity index (χ2n) is 7.12. The molecule has 0 unspecified atom stereocenters. The number of rotatable bonds is 7. The van der Waals surface area contributed by atoms with Crippen molar-refractivity contribution in [1.82, 2.24) is 14.9 Å². The van der Waals surface area contributed by atoms with Gasteiger partial charge in [0, 0.05) is 43.8 Å². The van der Waals surface area contributed by atoms with E-state index in [1.165, 1.54) is 16.7 Å². The van der Waals surface area contributed by atoms with Gasteiger partial charge in [0.25, 0.3) is 0 Å². The fourth-order valence-corrected chi connectivity index (χ4v) is 3.64. The standard InChI is InChI=1S/C22H27N3O3/c1-16-12-21(28-11-8-25-6-9-27-10-7-25)20(26-2)14-17(16)13-18-15-24-22-19(18)4-3-5-23-22/h3-5,12,14-15H,6-11,13H2,1-2H3,(H,23,24). The summed E-state index contributed by atoms with van der Waals surface area (Å²) >= 11 is 0. The molecule has 0 bridgehead atoms. The molecule has 1 fully saturated rings. The number of hydrogen-bond donors (Lipinski definition) is 1. The first kappa shape index (κ1) is 18.8. The molecule has 3 aromatic rings. The molecule has 6 heteroatoms. The van der Waals surface area contributed by atoms with Gasteiger partial charge >= 0.3 is 0 Å². The number of pyridine rings is 1. The third-order valence-corrected chi connectivity index (χ3v) is 5.31. The van der Waals surface area contributed by atoms with Crippen LogP contribution in [0.4, 0.5) is 0 Å². The van der Waals surface area contributed by atoms with Crippen molar-refractivity contribution in [3.63, 3.8) is 0 Å². The number of nitrogens with one attached hydrogen (secondary N) is 1. The van der Waals surface area contributed by atoms with Gasteiger partial charge in [0.05, 0.1) is 20.3 Å². The van der Waals surface area contributed by atoms with Crippen LogP contribution >= 0.6 is 0 Å². The molecule has 0 spiro atoms. The molecule has 28 heavy (non-hydrogen) atoms. The molecule has 1 aliphatic rings. The molecule has 0 radical (unpaired) electrons. The number of fused-ring (bicyclic) bond motifs is 1. The number of aromatic amines is 1. The first-order valence-electron chi connectivity index (χ1n) is 9.76. The summed E-state index contributed by atoms with van der Waals surface area (Å²) in [6, 6.07) is 8.25. The zero-order chi connectivity index (χ0) is 19.3. The molecule has 1 saturated heterocycles. The average Bonchev–Trinajstić information content (AvgIpc) is 3.13. The molecule has 6 nitrogen and oxygen atoms in total. The van der Waals surface area contributed by atoms with Crippen LogP contribution in [-0.4, -0.2) is 61.4 Å². The van der Waals surface area contributed by atoms with Crippen molar-refractivity contribution in [3.8, 4) is 11.5 Å². The van der Waals surface area contributed by atoms with Crippen molar-refractivity contribution >= 4 is 11.0 Å². The Hall–Kier alpha value is -2.57. The van der Waals surface area contributed by atoms with Gasteiger partial charge in [-0.05, 0) is 47.9 Å². The molecular weight excluding hydrogens is 354 g/mol. The second kappa shape index (κ2) is 8.63. The number of morpholine rings is 1. The summed E-state index contributed by atoms with van der Waals surface area (Å²) in [5, 5.41) is 1.16. The Morgan fingerprint density at radius 2 is 2.04 bits per heavy atom. The zero-order valence-corrected chi connectivity index (χ0v) is 16.5. The van der Waals surface area contributed by atoms with Crippen molar-refractivity contribution in [3.05, 3.63) is 53.3 Å². The topological polar surface area (TPSA) is 59.6 Å². The molecule has 2 aromatic heterocycles. The van der Waals surface area contributed by atoms with Crippen molar-refractivity contribution in [1.29, 1.82) is 0 Å². The molecule has 0 aliphatic carbocycles. The van der Waals surface area contributed by atoms with Crippen molar-refractivity contribution in [2.24, 2.45) is 0 Å². The molecule has 0 amide bonds. The summed E-state index contributed by atoms with van der Waals surface area (Å²) in [5.41, 5.74) is 4.57. The largest absolute Gasteiger partial charge is 0.493 e. The molecule has 1 aromatic carbocycles. The smallest absolute Gasteiger partial charge is 0.161 e. The Morgan fingerprint density at radius 3 is 2.86 bits per heavy atom. The Labute approximate surface area is 165 Å². The summed E-state index contributed by atoms with van der Waals surface area (Å²) in [5.74, 6) is 1.58. The lowest BCUT2D eigenvalue weighted by Crippen LogP contribution is -2.38. The minimum Gasteiger partial charge on any atom is -0.493 e. The van der Waals surface area contributed by atoms with Crippen molar-refractivity contribution < 1.29 is 14.2 Å². The predicted molar refractivity (Wildman–Crippen MR) is 109 cm³/mol. The fraction of sp³-hybridized carbons (Fsp3) is 0.409. The van der Waals surface area contributed by atoms with E-state index in [-0.39, 0.29) is 0 Å². The number of aromatic nitrogens is 2. The van der Waals surface area contributed by atoms with Gasteiger partial charge in [-0.2, -0.15) is 0 Å². The van der Waals surface area contributed by atoms with Crippen LogP contribution in [0, 0.1) is 6.92 Å². The van der Waals surface area contributed by atoms with Gasteiger partial charge in [-0.15, -0.1) is 0 Å². The van der Waals surface area contributed by atoms with Crippen LogP contribution < -0.4 is 9.47 Å². The van der Waals surface area contributed by atoms with Gasteiger partial charge in [0.2, 0.25) is 0 Å². The number of aryl methyl sites for hydroxylation is 1. The summed E-state index contributed by atoms with van der Waals surface area (Å²) in [6.07, 6.45) is 4.66. The number of H-pyrrole nitrogens is 1. The lowest BCUT2D eigenvalue weighted by Gasteiger charge is -2.26. The minimum absolute atomic E-state index is 0.642. The molecule has 0 saturated carbocycles. The number of ether oxygens (including phenoxy) is 3. The van der Waals surface area contributed by atoms with Crippen LogP contribution in [0.2, 0.25) is 0 Å². The minimum atomic E-state index is 0.642. The van der Waals surface area contributed by atoms with Crippen LogP contribution in [0.15, 0.2) is 36.7 Å². The molecule has 3 heterocycles. The summed E-state index contributed by atoms with van der Waals surface area (Å²) in [6.45, 7) is 7.21. The van der Waals surface area contributed by atoms with Crippen LogP contribution in [0.5, 0.6) is 11.5 Å². The Morgan fingerprint density at radius 1 is 1.18 bits per heavy atom. The maximum atomic E-state index is 6.05. The fourth-order valence-electron chi connectivity index (χ4n) is 3.64. The molecule has 148 valence electrons. The van der Waals surface area contributed by atoms with E-state index in [4.69, 9.17) is 14.2 Å². The maximum Gasteiger partial charge on any atom is 0.161 e.